The molecule has 140 valence electrons. The molecule has 0 fully saturated rings. The van der Waals surface area contributed by atoms with Crippen molar-refractivity contribution in [2.75, 3.05) is 6.67 Å². The maximum Gasteiger partial charge on any atom is 0.335 e. The molecule has 2 nitrogen and oxygen atoms in total. The lowest BCUT2D eigenvalue weighted by Gasteiger charge is -2.16. The molecule has 0 aliphatic carbocycles. The van der Waals surface area contributed by atoms with Crippen molar-refractivity contribution in [3.8, 4) is 11.1 Å². The van der Waals surface area contributed by atoms with E-state index in [-0.39, 0.29) is 41.5 Å². The van der Waals surface area contributed by atoms with Crippen LogP contribution in [0.25, 0.3) is 11.1 Å². The molecule has 0 saturated heterocycles. The van der Waals surface area contributed by atoms with Crippen LogP contribution in [0.1, 0.15) is 35.2 Å². The molecule has 0 aliphatic heterocycles. The summed E-state index contributed by atoms with van der Waals surface area (Å²) >= 11 is 0. The summed E-state index contributed by atoms with van der Waals surface area (Å²) in [7, 11) is 0. The molecule has 2 aromatic rings. The van der Waals surface area contributed by atoms with Gasteiger partial charge < -0.3 is 5.11 Å². The van der Waals surface area contributed by atoms with Gasteiger partial charge >= 0.3 is 5.97 Å². The van der Waals surface area contributed by atoms with Gasteiger partial charge in [0.05, 0.1) is 12.2 Å². The number of aromatic carboxylic acids is 1. The van der Waals surface area contributed by atoms with Crippen molar-refractivity contribution in [3.05, 3.63) is 58.9 Å². The first kappa shape index (κ1) is 19.9. The zero-order valence-corrected chi connectivity index (χ0v) is 13.7. The molecule has 0 spiro atoms. The van der Waals surface area contributed by atoms with Crippen LogP contribution in [0, 0.1) is 17.5 Å². The van der Waals surface area contributed by atoms with Crippen molar-refractivity contribution in [2.45, 2.75) is 31.9 Å². The highest BCUT2D eigenvalue weighted by Gasteiger charge is 2.21. The fourth-order valence-electron chi connectivity index (χ4n) is 2.77. The Bertz CT molecular complexity index is 768. The van der Waals surface area contributed by atoms with E-state index in [2.05, 4.69) is 0 Å². The fourth-order valence-corrected chi connectivity index (χ4v) is 2.77. The Kier molecular flexibility index (Phi) is 6.71. The number of halogens is 5. The van der Waals surface area contributed by atoms with Gasteiger partial charge in [-0.25, -0.2) is 22.4 Å². The zero-order chi connectivity index (χ0) is 19.3. The molecule has 1 unspecified atom stereocenters. The van der Waals surface area contributed by atoms with Crippen LogP contribution in [0.2, 0.25) is 0 Å². The Balaban J connectivity index is 2.46. The van der Waals surface area contributed by atoms with Gasteiger partial charge in [0.15, 0.2) is 17.5 Å². The summed E-state index contributed by atoms with van der Waals surface area (Å²) in [5.41, 5.74) is -0.134. The van der Waals surface area contributed by atoms with Gasteiger partial charge in [-0.1, -0.05) is 12.1 Å². The molecule has 1 N–H and O–H groups in total. The topological polar surface area (TPSA) is 37.3 Å². The Labute approximate surface area is 147 Å². The first-order chi connectivity index (χ1) is 12.3. The highest BCUT2D eigenvalue weighted by atomic mass is 19.2. The molecular weight excluding hydrogens is 355 g/mol. The van der Waals surface area contributed by atoms with Crippen LogP contribution in [0.15, 0.2) is 30.3 Å². The number of carboxylic acids is 1. The minimum Gasteiger partial charge on any atom is -0.478 e. The van der Waals surface area contributed by atoms with Crippen molar-refractivity contribution in [3.63, 3.8) is 0 Å². The molecule has 0 heterocycles. The maximum absolute atomic E-state index is 14.3. The molecular formula is C19H17F5O2. The van der Waals surface area contributed by atoms with Gasteiger partial charge in [-0.15, -0.1) is 0 Å². The maximum atomic E-state index is 14.3. The van der Waals surface area contributed by atoms with Crippen molar-refractivity contribution in [2.24, 2.45) is 0 Å². The summed E-state index contributed by atoms with van der Waals surface area (Å²) < 4.78 is 66.7. The average molecular weight is 372 g/mol. The van der Waals surface area contributed by atoms with Gasteiger partial charge in [0.25, 0.3) is 0 Å². The SMILES string of the molecule is O=C(O)c1cccc(-c2cc(F)c(F)c(F)c2)c1CC(F)CCCCF. The number of hydrogen-bond acceptors (Lipinski definition) is 1. The van der Waals surface area contributed by atoms with E-state index in [1.165, 1.54) is 18.2 Å². The molecule has 0 aliphatic rings. The summed E-state index contributed by atoms with van der Waals surface area (Å²) in [5.74, 6) is -5.81. The first-order valence-electron chi connectivity index (χ1n) is 8.05. The summed E-state index contributed by atoms with van der Waals surface area (Å²) in [6, 6.07) is 5.48. The van der Waals surface area contributed by atoms with Crippen LogP contribution in [0.5, 0.6) is 0 Å². The standard InChI is InChI=1S/C19H17F5O2/c20-7-2-1-4-12(21)10-15-13(5-3-6-14(15)19(25)26)11-8-16(22)18(24)17(23)9-11/h3,5-6,8-9,12H,1-2,4,7,10H2,(H,25,26). The first-order valence-corrected chi connectivity index (χ1v) is 8.05. The van der Waals surface area contributed by atoms with Crippen LogP contribution < -0.4 is 0 Å². The average Bonchev–Trinajstić information content (AvgIpc) is 2.59. The predicted molar refractivity (Wildman–Crippen MR) is 87.1 cm³/mol. The van der Waals surface area contributed by atoms with E-state index in [1.807, 2.05) is 0 Å². The van der Waals surface area contributed by atoms with Crippen LogP contribution in [0.4, 0.5) is 22.0 Å². The van der Waals surface area contributed by atoms with E-state index < -0.39 is 36.3 Å². The van der Waals surface area contributed by atoms with Crippen LogP contribution >= 0.6 is 0 Å². The van der Waals surface area contributed by atoms with Crippen molar-refractivity contribution >= 4 is 5.97 Å². The molecule has 0 amide bonds. The van der Waals surface area contributed by atoms with Crippen LogP contribution in [-0.4, -0.2) is 23.9 Å². The molecule has 0 radical (unpaired) electrons. The molecule has 7 heteroatoms. The van der Waals surface area contributed by atoms with Gasteiger partial charge in [0.1, 0.15) is 6.17 Å². The van der Waals surface area contributed by atoms with Crippen LogP contribution in [0.3, 0.4) is 0 Å². The van der Waals surface area contributed by atoms with E-state index in [0.717, 1.165) is 12.1 Å². The van der Waals surface area contributed by atoms with Gasteiger partial charge in [0, 0.05) is 6.42 Å². The molecule has 0 aromatic heterocycles. The Morgan fingerprint density at radius 2 is 1.73 bits per heavy atom. The normalized spacial score (nSPS) is 12.2. The smallest absolute Gasteiger partial charge is 0.335 e. The predicted octanol–water partition coefficient (Wildman–Crippen LogP) is 5.49. The van der Waals surface area contributed by atoms with Gasteiger partial charge in [0.2, 0.25) is 0 Å². The highest BCUT2D eigenvalue weighted by Crippen LogP contribution is 2.31. The van der Waals surface area contributed by atoms with Gasteiger partial charge in [-0.2, -0.15) is 0 Å². The van der Waals surface area contributed by atoms with Crippen LogP contribution in [-0.2, 0) is 6.42 Å². The van der Waals surface area contributed by atoms with Crippen molar-refractivity contribution in [1.29, 1.82) is 0 Å². The molecule has 2 rings (SSSR count). The second kappa shape index (κ2) is 8.78. The number of carboxylic acid groups (broad SMARTS) is 1. The van der Waals surface area contributed by atoms with E-state index in [0.29, 0.717) is 6.42 Å². The lowest BCUT2D eigenvalue weighted by Crippen LogP contribution is -2.11. The summed E-state index contributed by atoms with van der Waals surface area (Å²) in [6.07, 6.45) is -1.24. The van der Waals surface area contributed by atoms with Gasteiger partial charge in [-0.05, 0) is 54.2 Å². The summed E-state index contributed by atoms with van der Waals surface area (Å²) in [5, 5.41) is 9.34. The second-order valence-corrected chi connectivity index (χ2v) is 5.88. The summed E-state index contributed by atoms with van der Waals surface area (Å²) in [4.78, 5) is 11.5. The number of alkyl halides is 2. The third kappa shape index (κ3) is 4.59. The highest BCUT2D eigenvalue weighted by molar-refractivity contribution is 5.92. The minimum atomic E-state index is -1.64. The number of carbonyl (C=O) groups is 1. The van der Waals surface area contributed by atoms with Gasteiger partial charge in [-0.3, -0.25) is 4.39 Å². The molecule has 1 atom stereocenters. The quantitative estimate of drug-likeness (QED) is 0.378. The summed E-state index contributed by atoms with van der Waals surface area (Å²) in [6.45, 7) is -0.572. The zero-order valence-electron chi connectivity index (χ0n) is 13.7. The number of unbranched alkanes of at least 4 members (excludes halogenated alkanes) is 1. The molecule has 26 heavy (non-hydrogen) atoms. The Hall–Kier alpha value is -2.44. The lowest BCUT2D eigenvalue weighted by atomic mass is 9.91. The molecule has 0 saturated carbocycles. The van der Waals surface area contributed by atoms with Crippen molar-refractivity contribution in [1.82, 2.24) is 0 Å². The molecule has 0 bridgehead atoms. The van der Waals surface area contributed by atoms with E-state index in [1.54, 1.807) is 0 Å². The third-order valence-electron chi connectivity index (χ3n) is 4.03. The second-order valence-electron chi connectivity index (χ2n) is 5.88. The lowest BCUT2D eigenvalue weighted by molar-refractivity contribution is 0.0695. The van der Waals surface area contributed by atoms with E-state index in [9.17, 15) is 31.9 Å². The largest absolute Gasteiger partial charge is 0.478 e. The van der Waals surface area contributed by atoms with Crippen molar-refractivity contribution < 1.29 is 31.9 Å². The number of rotatable bonds is 8. The number of benzene rings is 2. The Morgan fingerprint density at radius 1 is 1.08 bits per heavy atom. The number of hydrogen-bond donors (Lipinski definition) is 1. The third-order valence-corrected chi connectivity index (χ3v) is 4.03. The monoisotopic (exact) mass is 372 g/mol. The van der Waals surface area contributed by atoms with E-state index >= 15 is 0 Å². The molecule has 2 aromatic carbocycles. The fraction of sp³-hybridized carbons (Fsp3) is 0.316. The minimum absolute atomic E-state index is 0.0312. The Morgan fingerprint density at radius 3 is 2.31 bits per heavy atom. The van der Waals surface area contributed by atoms with E-state index in [4.69, 9.17) is 0 Å².